The number of halogens is 1. The van der Waals surface area contributed by atoms with Crippen molar-refractivity contribution in [3.63, 3.8) is 0 Å². The van der Waals surface area contributed by atoms with Crippen molar-refractivity contribution in [3.8, 4) is 0 Å². The third-order valence-corrected chi connectivity index (χ3v) is 3.96. The number of ketones is 1. The molecule has 1 heterocycles. The van der Waals surface area contributed by atoms with Crippen molar-refractivity contribution in [1.29, 1.82) is 0 Å². The molecule has 132 valence electrons. The molecule has 0 saturated carbocycles. The number of benzene rings is 2. The predicted octanol–water partition coefficient (Wildman–Crippen LogP) is 3.01. The third-order valence-electron chi connectivity index (χ3n) is 3.96. The van der Waals surface area contributed by atoms with E-state index in [2.05, 4.69) is 10.4 Å². The highest BCUT2D eigenvalue weighted by Gasteiger charge is 2.18. The van der Waals surface area contributed by atoms with Crippen LogP contribution in [0.15, 0.2) is 47.3 Å². The molecule has 3 aromatic rings. The van der Waals surface area contributed by atoms with E-state index in [-0.39, 0.29) is 16.9 Å². The SMILES string of the molecule is CCn1nc(C(=O)Nc2cccc(C(C)=O)c2)c(=O)c2cc(F)ccc21. The first-order valence-electron chi connectivity index (χ1n) is 8.03. The zero-order valence-electron chi connectivity index (χ0n) is 14.2. The summed E-state index contributed by atoms with van der Waals surface area (Å²) in [5.41, 5.74) is 0.269. The summed E-state index contributed by atoms with van der Waals surface area (Å²) in [7, 11) is 0. The number of anilines is 1. The summed E-state index contributed by atoms with van der Waals surface area (Å²) < 4.78 is 15.0. The lowest BCUT2D eigenvalue weighted by molar-refractivity contribution is 0.100. The topological polar surface area (TPSA) is 81.1 Å². The van der Waals surface area contributed by atoms with Crippen molar-refractivity contribution in [2.45, 2.75) is 20.4 Å². The number of carbonyl (C=O) groups is 2. The van der Waals surface area contributed by atoms with E-state index >= 15 is 0 Å². The molecule has 0 atom stereocenters. The maximum Gasteiger partial charge on any atom is 0.280 e. The fraction of sp³-hybridized carbons (Fsp3) is 0.158. The molecule has 0 fully saturated rings. The van der Waals surface area contributed by atoms with Gasteiger partial charge in [0.1, 0.15) is 5.82 Å². The van der Waals surface area contributed by atoms with Crippen LogP contribution in [0, 0.1) is 5.82 Å². The molecular weight excluding hydrogens is 337 g/mol. The monoisotopic (exact) mass is 353 g/mol. The number of carbonyl (C=O) groups excluding carboxylic acids is 2. The molecule has 2 aromatic carbocycles. The van der Waals surface area contributed by atoms with Crippen LogP contribution in [0.3, 0.4) is 0 Å². The molecule has 0 aliphatic heterocycles. The Kier molecular flexibility index (Phi) is 4.62. The summed E-state index contributed by atoms with van der Waals surface area (Å²) in [4.78, 5) is 36.6. The van der Waals surface area contributed by atoms with Crippen LogP contribution >= 0.6 is 0 Å². The number of aromatic nitrogens is 2. The van der Waals surface area contributed by atoms with Crippen molar-refractivity contribution in [2.24, 2.45) is 0 Å². The average Bonchev–Trinajstić information content (AvgIpc) is 2.62. The summed E-state index contributed by atoms with van der Waals surface area (Å²) in [5.74, 6) is -1.43. The molecule has 6 nitrogen and oxygen atoms in total. The Balaban J connectivity index is 2.06. The largest absolute Gasteiger partial charge is 0.320 e. The molecule has 0 aliphatic rings. The number of rotatable bonds is 4. The molecule has 0 spiro atoms. The normalized spacial score (nSPS) is 10.7. The van der Waals surface area contributed by atoms with E-state index in [0.717, 1.165) is 6.07 Å². The van der Waals surface area contributed by atoms with Crippen LogP contribution < -0.4 is 10.7 Å². The number of hydrogen-bond acceptors (Lipinski definition) is 4. The highest BCUT2D eigenvalue weighted by molar-refractivity contribution is 6.05. The van der Waals surface area contributed by atoms with Gasteiger partial charge in [-0.3, -0.25) is 19.1 Å². The van der Waals surface area contributed by atoms with Crippen LogP contribution in [0.1, 0.15) is 34.7 Å². The van der Waals surface area contributed by atoms with E-state index in [1.54, 1.807) is 25.1 Å². The lowest BCUT2D eigenvalue weighted by Crippen LogP contribution is -2.27. The maximum absolute atomic E-state index is 13.6. The maximum atomic E-state index is 13.6. The summed E-state index contributed by atoms with van der Waals surface area (Å²) in [6, 6.07) is 10.2. The zero-order valence-corrected chi connectivity index (χ0v) is 14.2. The van der Waals surface area contributed by atoms with Gasteiger partial charge in [0.15, 0.2) is 11.5 Å². The molecule has 26 heavy (non-hydrogen) atoms. The van der Waals surface area contributed by atoms with Crippen molar-refractivity contribution in [1.82, 2.24) is 9.78 Å². The van der Waals surface area contributed by atoms with Crippen molar-refractivity contribution in [2.75, 3.05) is 5.32 Å². The van der Waals surface area contributed by atoms with Gasteiger partial charge < -0.3 is 5.32 Å². The Morgan fingerprint density at radius 1 is 1.19 bits per heavy atom. The minimum atomic E-state index is -0.718. The van der Waals surface area contributed by atoms with Gasteiger partial charge in [0, 0.05) is 17.8 Å². The van der Waals surface area contributed by atoms with Crippen molar-refractivity contribution >= 4 is 28.3 Å². The molecule has 0 unspecified atom stereocenters. The summed E-state index contributed by atoms with van der Waals surface area (Å²) in [6.45, 7) is 3.63. The summed E-state index contributed by atoms with van der Waals surface area (Å²) >= 11 is 0. The van der Waals surface area contributed by atoms with Crippen LogP contribution in [0.4, 0.5) is 10.1 Å². The van der Waals surface area contributed by atoms with Gasteiger partial charge in [-0.25, -0.2) is 4.39 Å². The standard InChI is InChI=1S/C19H16FN3O3/c1-3-23-16-8-7-13(20)10-15(16)18(25)17(22-23)19(26)21-14-6-4-5-12(9-14)11(2)24/h4-10H,3H2,1-2H3,(H,21,26). The number of nitrogens with one attached hydrogen (secondary N) is 1. The summed E-state index contributed by atoms with van der Waals surface area (Å²) in [6.07, 6.45) is 0. The second-order valence-corrected chi connectivity index (χ2v) is 5.75. The molecule has 0 radical (unpaired) electrons. The highest BCUT2D eigenvalue weighted by Crippen LogP contribution is 2.14. The quantitative estimate of drug-likeness (QED) is 0.731. The zero-order chi connectivity index (χ0) is 18.8. The Hall–Kier alpha value is -3.35. The Morgan fingerprint density at radius 2 is 1.96 bits per heavy atom. The fourth-order valence-corrected chi connectivity index (χ4v) is 2.66. The van der Waals surface area contributed by atoms with Gasteiger partial charge in [0.2, 0.25) is 5.43 Å². The van der Waals surface area contributed by atoms with Gasteiger partial charge in [-0.05, 0) is 44.2 Å². The molecular formula is C19H16FN3O3. The summed E-state index contributed by atoms with van der Waals surface area (Å²) in [5, 5.41) is 6.76. The number of nitrogens with zero attached hydrogens (tertiary/aromatic N) is 2. The van der Waals surface area contributed by atoms with E-state index in [1.807, 2.05) is 0 Å². The van der Waals surface area contributed by atoms with Crippen LogP contribution in [0.25, 0.3) is 10.9 Å². The van der Waals surface area contributed by atoms with Gasteiger partial charge in [0.25, 0.3) is 5.91 Å². The van der Waals surface area contributed by atoms with E-state index < -0.39 is 17.2 Å². The van der Waals surface area contributed by atoms with Gasteiger partial charge in [-0.2, -0.15) is 5.10 Å². The Labute approximate surface area is 148 Å². The molecule has 1 aromatic heterocycles. The second-order valence-electron chi connectivity index (χ2n) is 5.75. The fourth-order valence-electron chi connectivity index (χ4n) is 2.66. The van der Waals surface area contributed by atoms with E-state index in [1.165, 1.54) is 29.8 Å². The Morgan fingerprint density at radius 3 is 2.65 bits per heavy atom. The first-order valence-corrected chi connectivity index (χ1v) is 8.03. The molecule has 0 saturated heterocycles. The Bertz CT molecular complexity index is 1090. The minimum absolute atomic E-state index is 0.0875. The third kappa shape index (κ3) is 3.23. The number of Topliss-reactive ketones (excluding diaryl/α,β-unsaturated/α-hetero) is 1. The number of fused-ring (bicyclic) bond motifs is 1. The predicted molar refractivity (Wildman–Crippen MR) is 96.0 cm³/mol. The van der Waals surface area contributed by atoms with Gasteiger partial charge >= 0.3 is 0 Å². The van der Waals surface area contributed by atoms with Gasteiger partial charge in [-0.15, -0.1) is 0 Å². The molecule has 1 N–H and O–H groups in total. The van der Waals surface area contributed by atoms with Crippen LogP contribution in [-0.4, -0.2) is 21.5 Å². The first kappa shape index (κ1) is 17.5. The molecule has 0 aliphatic carbocycles. The highest BCUT2D eigenvalue weighted by atomic mass is 19.1. The molecule has 7 heteroatoms. The van der Waals surface area contributed by atoms with Crippen molar-refractivity contribution in [3.05, 3.63) is 69.8 Å². The van der Waals surface area contributed by atoms with Crippen LogP contribution in [0.5, 0.6) is 0 Å². The smallest absolute Gasteiger partial charge is 0.280 e. The van der Waals surface area contributed by atoms with Crippen molar-refractivity contribution < 1.29 is 14.0 Å². The number of amides is 1. The molecule has 1 amide bonds. The molecule has 3 rings (SSSR count). The van der Waals surface area contributed by atoms with Gasteiger partial charge in [0.05, 0.1) is 10.9 Å². The van der Waals surface area contributed by atoms with E-state index in [0.29, 0.717) is 23.3 Å². The van der Waals surface area contributed by atoms with Crippen LogP contribution in [-0.2, 0) is 6.54 Å². The lowest BCUT2D eigenvalue weighted by Gasteiger charge is -2.11. The van der Waals surface area contributed by atoms with E-state index in [4.69, 9.17) is 0 Å². The van der Waals surface area contributed by atoms with E-state index in [9.17, 15) is 18.8 Å². The second kappa shape index (κ2) is 6.87. The lowest BCUT2D eigenvalue weighted by atomic mass is 10.1. The number of hydrogen-bond donors (Lipinski definition) is 1. The molecule has 0 bridgehead atoms. The first-order chi connectivity index (χ1) is 12.4. The minimum Gasteiger partial charge on any atom is -0.320 e. The van der Waals surface area contributed by atoms with Crippen LogP contribution in [0.2, 0.25) is 0 Å². The number of aryl methyl sites for hydroxylation is 1. The van der Waals surface area contributed by atoms with Gasteiger partial charge in [-0.1, -0.05) is 12.1 Å². The average molecular weight is 353 g/mol.